The van der Waals surface area contributed by atoms with E-state index in [-0.39, 0.29) is 12.3 Å². The van der Waals surface area contributed by atoms with Crippen LogP contribution in [-0.4, -0.2) is 42.0 Å². The molecular weight excluding hydrogens is 382 g/mol. The third-order valence-electron chi connectivity index (χ3n) is 4.88. The maximum absolute atomic E-state index is 13.0. The van der Waals surface area contributed by atoms with Crippen molar-refractivity contribution >= 4 is 28.7 Å². The number of H-pyrrole nitrogens is 1. The molecule has 3 aromatic rings. The average molecular weight is 407 g/mol. The van der Waals surface area contributed by atoms with Gasteiger partial charge in [0.25, 0.3) is 0 Å². The van der Waals surface area contributed by atoms with E-state index in [9.17, 15) is 14.4 Å². The number of carbonyl (C=O) groups is 3. The van der Waals surface area contributed by atoms with Crippen LogP contribution in [0.2, 0.25) is 0 Å². The largest absolute Gasteiger partial charge is 0.467 e. The standard InChI is InChI=1S/C23H25N3O4/c1-15(27)25-20(13-17-14-24-19-11-7-6-10-18(17)19)22(28)26-21(23(29)30-2)12-16-8-4-3-5-9-16/h3-11,14,20-21,24H,12-13H2,1-2H3,(H,25,27)(H,26,28)/t20-,21+/m0/s1. The molecule has 2 aromatic carbocycles. The molecule has 3 N–H and O–H groups in total. The van der Waals surface area contributed by atoms with Crippen LogP contribution in [0.25, 0.3) is 10.9 Å². The Hall–Kier alpha value is -3.61. The van der Waals surface area contributed by atoms with Gasteiger partial charge in [-0.15, -0.1) is 0 Å². The quantitative estimate of drug-likeness (QED) is 0.498. The second kappa shape index (κ2) is 9.73. The molecule has 0 radical (unpaired) electrons. The summed E-state index contributed by atoms with van der Waals surface area (Å²) < 4.78 is 4.86. The minimum absolute atomic E-state index is 0.286. The van der Waals surface area contributed by atoms with Crippen molar-refractivity contribution in [3.8, 4) is 0 Å². The predicted octanol–water partition coefficient (Wildman–Crippen LogP) is 2.12. The van der Waals surface area contributed by atoms with E-state index in [4.69, 9.17) is 4.74 Å². The summed E-state index contributed by atoms with van der Waals surface area (Å²) in [5.74, 6) is -1.31. The molecule has 0 unspecified atom stereocenters. The molecule has 0 bridgehead atoms. The number of aromatic nitrogens is 1. The molecule has 2 amide bonds. The normalized spacial score (nSPS) is 12.7. The topological polar surface area (TPSA) is 100 Å². The molecule has 0 fully saturated rings. The van der Waals surface area contributed by atoms with Gasteiger partial charge in [-0.3, -0.25) is 9.59 Å². The highest BCUT2D eigenvalue weighted by Gasteiger charge is 2.27. The average Bonchev–Trinajstić information content (AvgIpc) is 3.15. The first kappa shape index (κ1) is 21.1. The van der Waals surface area contributed by atoms with Crippen LogP contribution in [0.15, 0.2) is 60.8 Å². The van der Waals surface area contributed by atoms with Crippen LogP contribution in [0.4, 0.5) is 0 Å². The third kappa shape index (κ3) is 5.26. The summed E-state index contributed by atoms with van der Waals surface area (Å²) >= 11 is 0. The molecule has 0 spiro atoms. The van der Waals surface area contributed by atoms with Gasteiger partial charge in [0.05, 0.1) is 7.11 Å². The minimum atomic E-state index is -0.857. The number of nitrogens with one attached hydrogen (secondary N) is 3. The number of hydrogen-bond acceptors (Lipinski definition) is 4. The van der Waals surface area contributed by atoms with Gasteiger partial charge in [0, 0.05) is 36.9 Å². The van der Waals surface area contributed by atoms with Gasteiger partial charge in [-0.05, 0) is 17.2 Å². The first-order valence-electron chi connectivity index (χ1n) is 9.72. The number of esters is 1. The molecule has 30 heavy (non-hydrogen) atoms. The van der Waals surface area contributed by atoms with Gasteiger partial charge < -0.3 is 20.4 Å². The minimum Gasteiger partial charge on any atom is -0.467 e. The van der Waals surface area contributed by atoms with E-state index in [0.29, 0.717) is 6.42 Å². The Balaban J connectivity index is 1.79. The maximum Gasteiger partial charge on any atom is 0.328 e. The van der Waals surface area contributed by atoms with Gasteiger partial charge in [0.1, 0.15) is 12.1 Å². The van der Waals surface area contributed by atoms with Crippen molar-refractivity contribution in [3.63, 3.8) is 0 Å². The molecule has 0 aliphatic rings. The fraction of sp³-hybridized carbons (Fsp3) is 0.261. The Labute approximate surface area is 174 Å². The molecule has 0 saturated heterocycles. The van der Waals surface area contributed by atoms with Gasteiger partial charge in [-0.2, -0.15) is 0 Å². The van der Waals surface area contributed by atoms with Crippen LogP contribution in [0.5, 0.6) is 0 Å². The highest BCUT2D eigenvalue weighted by molar-refractivity contribution is 5.91. The summed E-state index contributed by atoms with van der Waals surface area (Å²) in [6.45, 7) is 1.36. The molecule has 3 rings (SSSR count). The summed E-state index contributed by atoms with van der Waals surface area (Å²) in [5, 5.41) is 6.42. The number of aromatic amines is 1. The Kier molecular flexibility index (Phi) is 6.85. The molecule has 156 valence electrons. The van der Waals surface area contributed by atoms with Crippen LogP contribution < -0.4 is 10.6 Å². The van der Waals surface area contributed by atoms with E-state index >= 15 is 0 Å². The molecule has 0 aliphatic heterocycles. The fourth-order valence-electron chi connectivity index (χ4n) is 3.43. The molecule has 1 heterocycles. The lowest BCUT2D eigenvalue weighted by Crippen LogP contribution is -2.53. The van der Waals surface area contributed by atoms with Crippen LogP contribution in [0.3, 0.4) is 0 Å². The number of para-hydroxylation sites is 1. The van der Waals surface area contributed by atoms with Crippen molar-refractivity contribution in [2.24, 2.45) is 0 Å². The molecule has 7 nitrogen and oxygen atoms in total. The van der Waals surface area contributed by atoms with E-state index in [1.54, 1.807) is 0 Å². The van der Waals surface area contributed by atoms with Crippen molar-refractivity contribution in [2.45, 2.75) is 31.8 Å². The van der Waals surface area contributed by atoms with Crippen LogP contribution in [-0.2, 0) is 32.0 Å². The van der Waals surface area contributed by atoms with Crippen molar-refractivity contribution < 1.29 is 19.1 Å². The summed E-state index contributed by atoms with van der Waals surface area (Å²) in [7, 11) is 1.28. The SMILES string of the molecule is COC(=O)[C@@H](Cc1ccccc1)NC(=O)[C@H](Cc1c[nH]c2ccccc12)NC(C)=O. The van der Waals surface area contributed by atoms with E-state index < -0.39 is 24.0 Å². The molecule has 7 heteroatoms. The smallest absolute Gasteiger partial charge is 0.328 e. The van der Waals surface area contributed by atoms with Gasteiger partial charge in [-0.1, -0.05) is 48.5 Å². The Morgan fingerprint density at radius 3 is 2.33 bits per heavy atom. The molecule has 1 aromatic heterocycles. The van der Waals surface area contributed by atoms with Crippen molar-refractivity contribution in [1.82, 2.24) is 15.6 Å². The lowest BCUT2D eigenvalue weighted by atomic mass is 10.0. The maximum atomic E-state index is 13.0. The van der Waals surface area contributed by atoms with E-state index in [1.807, 2.05) is 60.8 Å². The predicted molar refractivity (Wildman–Crippen MR) is 114 cm³/mol. The van der Waals surface area contributed by atoms with Crippen molar-refractivity contribution in [2.75, 3.05) is 7.11 Å². The monoisotopic (exact) mass is 407 g/mol. The Morgan fingerprint density at radius 1 is 0.933 bits per heavy atom. The highest BCUT2D eigenvalue weighted by Crippen LogP contribution is 2.19. The van der Waals surface area contributed by atoms with Crippen molar-refractivity contribution in [3.05, 3.63) is 71.9 Å². The number of rotatable bonds is 8. The first-order valence-corrected chi connectivity index (χ1v) is 9.72. The zero-order valence-corrected chi connectivity index (χ0v) is 17.0. The van der Waals surface area contributed by atoms with Crippen LogP contribution >= 0.6 is 0 Å². The number of methoxy groups -OCH3 is 1. The summed E-state index contributed by atoms with van der Waals surface area (Å²) in [5.41, 5.74) is 2.74. The van der Waals surface area contributed by atoms with Crippen LogP contribution in [0, 0.1) is 0 Å². The molecule has 0 aliphatic carbocycles. The first-order chi connectivity index (χ1) is 14.5. The Bertz CT molecular complexity index is 1030. The molecule has 2 atom stereocenters. The number of amides is 2. The summed E-state index contributed by atoms with van der Waals surface area (Å²) in [6.07, 6.45) is 2.41. The second-order valence-electron chi connectivity index (χ2n) is 7.09. The number of carbonyl (C=O) groups excluding carboxylic acids is 3. The fourth-order valence-corrected chi connectivity index (χ4v) is 3.43. The summed E-state index contributed by atoms with van der Waals surface area (Å²) in [6, 6.07) is 15.4. The molecular formula is C23H25N3O4. The second-order valence-corrected chi connectivity index (χ2v) is 7.09. The van der Waals surface area contributed by atoms with Crippen LogP contribution in [0.1, 0.15) is 18.1 Å². The number of fused-ring (bicyclic) bond motifs is 1. The van der Waals surface area contributed by atoms with Gasteiger partial charge >= 0.3 is 5.97 Å². The van der Waals surface area contributed by atoms with E-state index in [0.717, 1.165) is 22.0 Å². The lowest BCUT2D eigenvalue weighted by Gasteiger charge is -2.22. The van der Waals surface area contributed by atoms with E-state index in [2.05, 4.69) is 15.6 Å². The number of ether oxygens (including phenoxy) is 1. The summed E-state index contributed by atoms with van der Waals surface area (Å²) in [4.78, 5) is 40.2. The van der Waals surface area contributed by atoms with Gasteiger partial charge in [0.2, 0.25) is 11.8 Å². The van der Waals surface area contributed by atoms with Gasteiger partial charge in [0.15, 0.2) is 0 Å². The number of hydrogen-bond donors (Lipinski definition) is 3. The van der Waals surface area contributed by atoms with Gasteiger partial charge in [-0.25, -0.2) is 4.79 Å². The van der Waals surface area contributed by atoms with E-state index in [1.165, 1.54) is 14.0 Å². The zero-order chi connectivity index (χ0) is 21.5. The molecule has 0 saturated carbocycles. The number of benzene rings is 2. The zero-order valence-electron chi connectivity index (χ0n) is 17.0. The Morgan fingerprint density at radius 2 is 1.63 bits per heavy atom. The third-order valence-corrected chi connectivity index (χ3v) is 4.88. The lowest BCUT2D eigenvalue weighted by molar-refractivity contribution is -0.145. The highest BCUT2D eigenvalue weighted by atomic mass is 16.5. The van der Waals surface area contributed by atoms with Crippen molar-refractivity contribution in [1.29, 1.82) is 0 Å².